The van der Waals surface area contributed by atoms with Crippen LogP contribution in [0.4, 0.5) is 0 Å². The molecule has 0 radical (unpaired) electrons. The molecule has 0 fully saturated rings. The number of rotatable bonds is 6. The number of nitrogens with zero attached hydrogens (tertiary/aromatic N) is 4. The second-order valence-electron chi connectivity index (χ2n) is 5.23. The second-order valence-corrected chi connectivity index (χ2v) is 5.99. The van der Waals surface area contributed by atoms with Gasteiger partial charge in [-0.25, -0.2) is 4.99 Å². The first-order chi connectivity index (χ1) is 11.0. The molecule has 0 bridgehead atoms. The van der Waals surface area contributed by atoms with Gasteiger partial charge >= 0.3 is 0 Å². The minimum atomic E-state index is 0.505. The third kappa shape index (κ3) is 4.91. The van der Waals surface area contributed by atoms with Gasteiger partial charge in [-0.2, -0.15) is 5.10 Å². The van der Waals surface area contributed by atoms with Crippen LogP contribution in [0.3, 0.4) is 0 Å². The van der Waals surface area contributed by atoms with E-state index in [1.807, 2.05) is 44.0 Å². The number of nitrogens with one attached hydrogen (secondary N) is 2. The predicted molar refractivity (Wildman–Crippen MR) is 95.2 cm³/mol. The fraction of sp³-hybridized carbons (Fsp3) is 0.467. The van der Waals surface area contributed by atoms with E-state index in [2.05, 4.69) is 20.7 Å². The van der Waals surface area contributed by atoms with E-state index in [0.717, 1.165) is 31.2 Å². The summed E-state index contributed by atoms with van der Waals surface area (Å²) in [6.45, 7) is 4.12. The van der Waals surface area contributed by atoms with Crippen molar-refractivity contribution in [2.75, 3.05) is 13.1 Å². The van der Waals surface area contributed by atoms with Gasteiger partial charge in [0.2, 0.25) is 0 Å². The molecule has 0 aromatic carbocycles. The molecular weight excluding hydrogens is 335 g/mol. The molecule has 0 atom stereocenters. The highest BCUT2D eigenvalue weighted by Crippen LogP contribution is 2.25. The Balaban J connectivity index is 1.92. The van der Waals surface area contributed by atoms with Crippen LogP contribution in [-0.4, -0.2) is 33.4 Å². The van der Waals surface area contributed by atoms with Gasteiger partial charge in [0, 0.05) is 39.1 Å². The van der Waals surface area contributed by atoms with E-state index in [1.54, 1.807) is 4.68 Å². The first kappa shape index (κ1) is 17.7. The van der Waals surface area contributed by atoms with E-state index in [4.69, 9.17) is 23.2 Å². The molecule has 0 amide bonds. The van der Waals surface area contributed by atoms with Gasteiger partial charge in [-0.1, -0.05) is 23.2 Å². The Morgan fingerprint density at radius 3 is 2.65 bits per heavy atom. The van der Waals surface area contributed by atoms with Crippen molar-refractivity contribution in [2.24, 2.45) is 19.1 Å². The summed E-state index contributed by atoms with van der Waals surface area (Å²) in [7, 11) is 3.79. The maximum absolute atomic E-state index is 6.07. The summed E-state index contributed by atoms with van der Waals surface area (Å²) < 4.78 is 3.64. The number of aryl methyl sites for hydroxylation is 1. The van der Waals surface area contributed by atoms with Gasteiger partial charge < -0.3 is 15.2 Å². The van der Waals surface area contributed by atoms with Crippen LogP contribution < -0.4 is 10.6 Å². The molecule has 8 heteroatoms. The summed E-state index contributed by atoms with van der Waals surface area (Å²) in [5.41, 5.74) is 2.15. The topological polar surface area (TPSA) is 59.2 Å². The summed E-state index contributed by atoms with van der Waals surface area (Å²) in [5, 5.41) is 11.8. The van der Waals surface area contributed by atoms with Crippen LogP contribution in [-0.2, 0) is 27.1 Å². The van der Waals surface area contributed by atoms with Crippen molar-refractivity contribution in [3.8, 4) is 0 Å². The molecule has 2 aromatic heterocycles. The van der Waals surface area contributed by atoms with Crippen molar-refractivity contribution < 1.29 is 0 Å². The predicted octanol–water partition coefficient (Wildman–Crippen LogP) is 2.36. The fourth-order valence-corrected chi connectivity index (χ4v) is 2.58. The van der Waals surface area contributed by atoms with E-state index in [-0.39, 0.29) is 0 Å². The van der Waals surface area contributed by atoms with Crippen LogP contribution in [0.5, 0.6) is 0 Å². The van der Waals surface area contributed by atoms with Crippen LogP contribution in [0.2, 0.25) is 10.2 Å². The molecule has 6 nitrogen and oxygen atoms in total. The van der Waals surface area contributed by atoms with E-state index in [9.17, 15) is 0 Å². The number of halogens is 2. The average molecular weight is 357 g/mol. The minimum absolute atomic E-state index is 0.505. The lowest BCUT2D eigenvalue weighted by Crippen LogP contribution is -2.38. The molecule has 0 aliphatic carbocycles. The number of aromatic nitrogens is 3. The number of guanidine groups is 1. The quantitative estimate of drug-likeness (QED) is 0.616. The summed E-state index contributed by atoms with van der Waals surface area (Å²) >= 11 is 12.1. The summed E-state index contributed by atoms with van der Waals surface area (Å²) in [6.07, 6.45) is 4.78. The smallest absolute Gasteiger partial charge is 0.191 e. The highest BCUT2D eigenvalue weighted by molar-refractivity contribution is 6.41. The molecule has 0 aliphatic heterocycles. The molecule has 0 saturated carbocycles. The molecule has 0 saturated heterocycles. The third-order valence-electron chi connectivity index (χ3n) is 3.42. The zero-order chi connectivity index (χ0) is 16.8. The summed E-state index contributed by atoms with van der Waals surface area (Å²) in [6, 6.07) is 1.84. The van der Waals surface area contributed by atoms with Gasteiger partial charge in [0.25, 0.3) is 0 Å². The van der Waals surface area contributed by atoms with E-state index >= 15 is 0 Å². The van der Waals surface area contributed by atoms with E-state index in [0.29, 0.717) is 16.7 Å². The van der Waals surface area contributed by atoms with Crippen LogP contribution >= 0.6 is 23.2 Å². The van der Waals surface area contributed by atoms with Gasteiger partial charge in [0.05, 0.1) is 17.8 Å². The van der Waals surface area contributed by atoms with Crippen molar-refractivity contribution in [1.82, 2.24) is 25.0 Å². The van der Waals surface area contributed by atoms with Crippen LogP contribution in [0, 0.1) is 0 Å². The molecule has 0 aliphatic rings. The molecule has 126 valence electrons. The molecule has 2 rings (SSSR count). The molecule has 2 heterocycles. The molecule has 23 heavy (non-hydrogen) atoms. The Bertz CT molecular complexity index is 674. The Kier molecular flexibility index (Phi) is 6.36. The lowest BCUT2D eigenvalue weighted by Gasteiger charge is -2.11. The van der Waals surface area contributed by atoms with Crippen molar-refractivity contribution in [3.63, 3.8) is 0 Å². The first-order valence-electron chi connectivity index (χ1n) is 7.50. The Morgan fingerprint density at radius 1 is 1.30 bits per heavy atom. The molecule has 0 unspecified atom stereocenters. The number of hydrogen-bond acceptors (Lipinski definition) is 2. The van der Waals surface area contributed by atoms with Gasteiger partial charge in [-0.05, 0) is 25.0 Å². The number of aliphatic imine (C=N–C) groups is 1. The van der Waals surface area contributed by atoms with Gasteiger partial charge in [0.1, 0.15) is 5.15 Å². The molecule has 0 spiro atoms. The number of hydrogen-bond donors (Lipinski definition) is 2. The highest BCUT2D eigenvalue weighted by Gasteiger charge is 2.08. The summed E-state index contributed by atoms with van der Waals surface area (Å²) in [5.74, 6) is 0.768. The third-order valence-corrected chi connectivity index (χ3v) is 4.27. The fourth-order valence-electron chi connectivity index (χ4n) is 2.17. The maximum atomic E-state index is 6.07. The lowest BCUT2D eigenvalue weighted by molar-refractivity contribution is 0.764. The van der Waals surface area contributed by atoms with E-state index in [1.165, 1.54) is 5.56 Å². The zero-order valence-corrected chi connectivity index (χ0v) is 15.1. The van der Waals surface area contributed by atoms with Crippen LogP contribution in [0.1, 0.15) is 18.2 Å². The normalized spacial score (nSPS) is 11.8. The van der Waals surface area contributed by atoms with Crippen molar-refractivity contribution in [2.45, 2.75) is 19.9 Å². The lowest BCUT2D eigenvalue weighted by atomic mass is 10.2. The van der Waals surface area contributed by atoms with Crippen molar-refractivity contribution in [1.29, 1.82) is 0 Å². The maximum Gasteiger partial charge on any atom is 0.191 e. The monoisotopic (exact) mass is 356 g/mol. The van der Waals surface area contributed by atoms with E-state index < -0.39 is 0 Å². The van der Waals surface area contributed by atoms with Crippen molar-refractivity contribution >= 4 is 29.2 Å². The SMILES string of the molecule is CCNC(=NCc1cc(Cl)c(Cl)n1C)NCCc1cnn(C)c1. The Labute approximate surface area is 146 Å². The van der Waals surface area contributed by atoms with Gasteiger partial charge in [0.15, 0.2) is 5.96 Å². The highest BCUT2D eigenvalue weighted by atomic mass is 35.5. The van der Waals surface area contributed by atoms with Gasteiger partial charge in [-0.15, -0.1) is 0 Å². The molecule has 2 N–H and O–H groups in total. The van der Waals surface area contributed by atoms with Crippen LogP contribution in [0.15, 0.2) is 23.5 Å². The molecular formula is C15H22Cl2N6. The van der Waals surface area contributed by atoms with Crippen LogP contribution in [0.25, 0.3) is 0 Å². The Morgan fingerprint density at radius 2 is 2.09 bits per heavy atom. The van der Waals surface area contributed by atoms with Gasteiger partial charge in [-0.3, -0.25) is 4.68 Å². The zero-order valence-electron chi connectivity index (χ0n) is 13.6. The molecule has 2 aromatic rings. The Hall–Kier alpha value is -1.66. The average Bonchev–Trinajstić information content (AvgIpc) is 3.04. The van der Waals surface area contributed by atoms with Crippen molar-refractivity contribution in [3.05, 3.63) is 39.9 Å². The first-order valence-corrected chi connectivity index (χ1v) is 8.26. The minimum Gasteiger partial charge on any atom is -0.357 e. The second kappa shape index (κ2) is 8.26. The summed E-state index contributed by atoms with van der Waals surface area (Å²) in [4.78, 5) is 4.57. The largest absolute Gasteiger partial charge is 0.357 e. The standard InChI is InChI=1S/C15H22Cl2N6/c1-4-18-15(19-6-5-11-8-21-22(2)10-11)20-9-12-7-13(16)14(17)23(12)3/h7-8,10H,4-6,9H2,1-3H3,(H2,18,19,20).